The molecule has 1 saturated heterocycles. The van der Waals surface area contributed by atoms with E-state index in [2.05, 4.69) is 9.88 Å². The molecule has 0 spiro atoms. The molecule has 0 bridgehead atoms. The minimum absolute atomic E-state index is 0.0539. The van der Waals surface area contributed by atoms with E-state index in [0.717, 1.165) is 37.1 Å². The molecular weight excluding hydrogens is 440 g/mol. The molecule has 1 unspecified atom stereocenters. The van der Waals surface area contributed by atoms with E-state index in [1.807, 2.05) is 18.3 Å². The van der Waals surface area contributed by atoms with E-state index in [4.69, 9.17) is 9.90 Å². The maximum atomic E-state index is 13.2. The number of amides is 1. The lowest BCUT2D eigenvalue weighted by molar-refractivity contribution is -0.129. The van der Waals surface area contributed by atoms with Gasteiger partial charge in [0.15, 0.2) is 0 Å². The molecule has 2 N–H and O–H groups in total. The average molecular weight is 471 g/mol. The Kier molecular flexibility index (Phi) is 8.53. The molecule has 1 atom stereocenters. The van der Waals surface area contributed by atoms with E-state index >= 15 is 0 Å². The molecule has 10 heteroatoms. The van der Waals surface area contributed by atoms with E-state index in [0.29, 0.717) is 31.6 Å². The smallest absolute Gasteiger partial charge is 0.341 e. The number of carbonyl (C=O) groups is 3. The monoisotopic (exact) mass is 470 g/mol. The van der Waals surface area contributed by atoms with Crippen molar-refractivity contribution in [3.8, 4) is 0 Å². The zero-order valence-electron chi connectivity index (χ0n) is 19.2. The Hall–Kier alpha value is -3.53. The maximum absolute atomic E-state index is 13.2. The summed E-state index contributed by atoms with van der Waals surface area (Å²) < 4.78 is 1.53. The Morgan fingerprint density at radius 1 is 1.21 bits per heavy atom. The van der Waals surface area contributed by atoms with Crippen molar-refractivity contribution in [1.29, 1.82) is 0 Å². The van der Waals surface area contributed by atoms with Crippen LogP contribution in [0, 0.1) is 0 Å². The Bertz CT molecular complexity index is 1080. The number of fused-ring (bicyclic) bond motifs is 1. The summed E-state index contributed by atoms with van der Waals surface area (Å²) in [6.45, 7) is 4.23. The summed E-state index contributed by atoms with van der Waals surface area (Å²) in [6, 6.07) is 3.82. The zero-order valence-corrected chi connectivity index (χ0v) is 19.2. The zero-order chi connectivity index (χ0) is 24.7. The lowest BCUT2D eigenvalue weighted by atomic mass is 9.96. The van der Waals surface area contributed by atoms with Crippen LogP contribution >= 0.6 is 0 Å². The highest BCUT2D eigenvalue weighted by Crippen LogP contribution is 2.27. The third kappa shape index (κ3) is 5.69. The Morgan fingerprint density at radius 3 is 2.50 bits per heavy atom. The maximum Gasteiger partial charge on any atom is 0.341 e. The molecule has 4 rings (SSSR count). The van der Waals surface area contributed by atoms with Gasteiger partial charge in [-0.05, 0) is 55.1 Å². The molecule has 1 fully saturated rings. The molecule has 2 aromatic heterocycles. The van der Waals surface area contributed by atoms with Gasteiger partial charge in [-0.2, -0.15) is 0 Å². The SMILES string of the molecule is CC(=O)N1CCc2c(cn(CC(c3cccnc3)N3CCCCC3)c(=O)c2C(=O)O)C1.O=CO. The number of rotatable bonds is 5. The molecule has 2 aromatic rings. The summed E-state index contributed by atoms with van der Waals surface area (Å²) in [5.74, 6) is -1.26. The quantitative estimate of drug-likeness (QED) is 0.632. The van der Waals surface area contributed by atoms with Crippen LogP contribution < -0.4 is 5.56 Å². The van der Waals surface area contributed by atoms with Crippen LogP contribution in [0.2, 0.25) is 0 Å². The van der Waals surface area contributed by atoms with Crippen LogP contribution in [-0.4, -0.2) is 67.5 Å². The first kappa shape index (κ1) is 25.1. The Morgan fingerprint density at radius 2 is 1.91 bits per heavy atom. The first-order valence-electron chi connectivity index (χ1n) is 11.3. The summed E-state index contributed by atoms with van der Waals surface area (Å²) in [5.41, 5.74) is 1.66. The van der Waals surface area contributed by atoms with Gasteiger partial charge in [-0.25, -0.2) is 4.79 Å². The molecule has 4 heterocycles. The van der Waals surface area contributed by atoms with Crippen LogP contribution in [0.1, 0.15) is 59.3 Å². The molecule has 2 aliphatic heterocycles. The fourth-order valence-corrected chi connectivity index (χ4v) is 4.76. The second-order valence-corrected chi connectivity index (χ2v) is 8.47. The van der Waals surface area contributed by atoms with Gasteiger partial charge < -0.3 is 19.7 Å². The molecule has 2 aliphatic rings. The predicted octanol–water partition coefficient (Wildman–Crippen LogP) is 1.77. The number of likely N-dealkylation sites (tertiary alicyclic amines) is 1. The number of hydrogen-bond acceptors (Lipinski definition) is 6. The number of carboxylic acids is 1. The van der Waals surface area contributed by atoms with Gasteiger partial charge in [-0.3, -0.25) is 24.3 Å². The highest BCUT2D eigenvalue weighted by molar-refractivity contribution is 5.89. The third-order valence-electron chi connectivity index (χ3n) is 6.40. The molecule has 0 aliphatic carbocycles. The van der Waals surface area contributed by atoms with Crippen molar-refractivity contribution in [1.82, 2.24) is 19.4 Å². The van der Waals surface area contributed by atoms with Crippen molar-refractivity contribution in [3.63, 3.8) is 0 Å². The van der Waals surface area contributed by atoms with Crippen molar-refractivity contribution in [2.24, 2.45) is 0 Å². The van der Waals surface area contributed by atoms with Crippen LogP contribution in [0.5, 0.6) is 0 Å². The minimum Gasteiger partial charge on any atom is -0.483 e. The largest absolute Gasteiger partial charge is 0.483 e. The fourth-order valence-electron chi connectivity index (χ4n) is 4.76. The van der Waals surface area contributed by atoms with Gasteiger partial charge in [0.2, 0.25) is 5.91 Å². The lowest BCUT2D eigenvalue weighted by Gasteiger charge is -2.35. The number of hydrogen-bond donors (Lipinski definition) is 2. The number of carbonyl (C=O) groups excluding carboxylic acids is 1. The van der Waals surface area contributed by atoms with Crippen LogP contribution in [0.3, 0.4) is 0 Å². The molecular formula is C24H30N4O6. The molecule has 0 saturated carbocycles. The highest BCUT2D eigenvalue weighted by Gasteiger charge is 2.29. The highest BCUT2D eigenvalue weighted by atomic mass is 16.4. The van der Waals surface area contributed by atoms with E-state index in [9.17, 15) is 19.5 Å². The number of aromatic carboxylic acids is 1. The standard InChI is InChI=1S/C23H28N4O4.CH2O2/c1-16(28)26-11-7-19-18(13-26)14-27(22(29)21(19)23(30)31)15-20(17-6-5-8-24-12-17)25-9-3-2-4-10-25;2-1-3/h5-6,8,12,14,20H,2-4,7,9-11,13,15H2,1H3,(H,30,31);1H,(H,2,3). The molecule has 1 amide bonds. The van der Waals surface area contributed by atoms with Crippen LogP contribution in [0.15, 0.2) is 35.5 Å². The summed E-state index contributed by atoms with van der Waals surface area (Å²) in [5, 5.41) is 16.7. The van der Waals surface area contributed by atoms with Crippen LogP contribution in [0.25, 0.3) is 0 Å². The number of aromatic nitrogens is 2. The predicted molar refractivity (Wildman–Crippen MR) is 124 cm³/mol. The fraction of sp³-hybridized carbons (Fsp3) is 0.458. The normalized spacial score (nSPS) is 16.6. The third-order valence-corrected chi connectivity index (χ3v) is 6.40. The second-order valence-electron chi connectivity index (χ2n) is 8.47. The van der Waals surface area contributed by atoms with Crippen molar-refractivity contribution >= 4 is 18.3 Å². The first-order valence-corrected chi connectivity index (χ1v) is 11.3. The first-order chi connectivity index (χ1) is 16.4. The molecule has 0 aromatic carbocycles. The minimum atomic E-state index is -1.21. The van der Waals surface area contributed by atoms with Crippen molar-refractivity contribution in [2.45, 2.75) is 51.7 Å². The lowest BCUT2D eigenvalue weighted by Crippen LogP contribution is -2.41. The van der Waals surface area contributed by atoms with Gasteiger partial charge in [0.05, 0.1) is 6.04 Å². The summed E-state index contributed by atoms with van der Waals surface area (Å²) >= 11 is 0. The van der Waals surface area contributed by atoms with E-state index in [-0.39, 0.29) is 24.0 Å². The van der Waals surface area contributed by atoms with Crippen LogP contribution in [0.4, 0.5) is 0 Å². The van der Waals surface area contributed by atoms with Crippen molar-refractivity contribution in [2.75, 3.05) is 19.6 Å². The van der Waals surface area contributed by atoms with Crippen LogP contribution in [-0.2, 0) is 29.1 Å². The Labute approximate surface area is 197 Å². The molecule has 0 radical (unpaired) electrons. The Balaban J connectivity index is 0.00000103. The summed E-state index contributed by atoms with van der Waals surface area (Å²) in [7, 11) is 0. The molecule has 34 heavy (non-hydrogen) atoms. The summed E-state index contributed by atoms with van der Waals surface area (Å²) in [4.78, 5) is 53.8. The van der Waals surface area contributed by atoms with Crippen molar-refractivity contribution in [3.05, 3.63) is 63.3 Å². The van der Waals surface area contributed by atoms with E-state index in [1.165, 1.54) is 17.9 Å². The van der Waals surface area contributed by atoms with Gasteiger partial charge in [-0.15, -0.1) is 0 Å². The number of piperidine rings is 1. The average Bonchev–Trinajstić information content (AvgIpc) is 2.83. The topological polar surface area (TPSA) is 133 Å². The number of nitrogens with zero attached hydrogens (tertiary/aromatic N) is 4. The summed E-state index contributed by atoms with van der Waals surface area (Å²) in [6.07, 6.45) is 9.07. The van der Waals surface area contributed by atoms with E-state index < -0.39 is 11.5 Å². The molecule has 182 valence electrons. The second kappa shape index (κ2) is 11.6. The van der Waals surface area contributed by atoms with Crippen molar-refractivity contribution < 1.29 is 24.6 Å². The van der Waals surface area contributed by atoms with E-state index in [1.54, 1.807) is 17.3 Å². The van der Waals surface area contributed by atoms with Gasteiger partial charge in [0.1, 0.15) is 5.56 Å². The van der Waals surface area contributed by atoms with Gasteiger partial charge >= 0.3 is 5.97 Å². The van der Waals surface area contributed by atoms with Gasteiger partial charge in [0, 0.05) is 45.1 Å². The number of pyridine rings is 2. The molecule has 10 nitrogen and oxygen atoms in total. The number of carboxylic acid groups (broad SMARTS) is 2. The van der Waals surface area contributed by atoms with Gasteiger partial charge in [-0.1, -0.05) is 12.5 Å². The van der Waals surface area contributed by atoms with Gasteiger partial charge in [0.25, 0.3) is 12.0 Å².